The van der Waals surface area contributed by atoms with Crippen LogP contribution in [0.5, 0.6) is 0 Å². The topological polar surface area (TPSA) is 80.2 Å². The highest BCUT2D eigenvalue weighted by Crippen LogP contribution is 2.15. The number of hydrogen-bond acceptors (Lipinski definition) is 6. The quantitative estimate of drug-likeness (QED) is 0.909. The molecule has 1 saturated heterocycles. The Bertz CT molecular complexity index is 614. The molecule has 0 unspecified atom stereocenters. The van der Waals surface area contributed by atoms with Gasteiger partial charge in [0.15, 0.2) is 0 Å². The van der Waals surface area contributed by atoms with Crippen molar-refractivity contribution in [1.29, 1.82) is 0 Å². The van der Waals surface area contributed by atoms with E-state index < -0.39 is 0 Å². The third-order valence-electron chi connectivity index (χ3n) is 3.12. The normalized spacial score (nSPS) is 14.8. The van der Waals surface area contributed by atoms with Gasteiger partial charge >= 0.3 is 0 Å². The number of anilines is 2. The molecular formula is C14H15N5O2. The van der Waals surface area contributed by atoms with E-state index in [0.717, 1.165) is 0 Å². The number of aromatic nitrogens is 3. The summed E-state index contributed by atoms with van der Waals surface area (Å²) < 4.78 is 5.25. The van der Waals surface area contributed by atoms with Crippen LogP contribution in [0, 0.1) is 0 Å². The minimum atomic E-state index is -0.0337. The molecule has 0 saturated carbocycles. The molecule has 108 valence electrons. The van der Waals surface area contributed by atoms with E-state index in [1.807, 2.05) is 0 Å². The van der Waals surface area contributed by atoms with Crippen LogP contribution in [0.2, 0.25) is 0 Å². The first-order valence-electron chi connectivity index (χ1n) is 6.68. The summed E-state index contributed by atoms with van der Waals surface area (Å²) in [6.45, 7) is 2.38. The van der Waals surface area contributed by atoms with Crippen molar-refractivity contribution < 1.29 is 9.53 Å². The molecule has 1 N–H and O–H groups in total. The minimum Gasteiger partial charge on any atom is -0.378 e. The van der Waals surface area contributed by atoms with Gasteiger partial charge in [-0.2, -0.15) is 0 Å². The number of nitrogens with one attached hydrogen (secondary N) is 1. The number of amides is 1. The average molecular weight is 285 g/mol. The van der Waals surface area contributed by atoms with Crippen molar-refractivity contribution in [2.45, 2.75) is 0 Å². The van der Waals surface area contributed by atoms with Crippen LogP contribution in [0.25, 0.3) is 0 Å². The molecule has 2 aromatic heterocycles. The highest BCUT2D eigenvalue weighted by Gasteiger charge is 2.19. The Kier molecular flexibility index (Phi) is 4.02. The number of nitrogens with zero attached hydrogens (tertiary/aromatic N) is 4. The van der Waals surface area contributed by atoms with Gasteiger partial charge in [0.2, 0.25) is 0 Å². The Labute approximate surface area is 122 Å². The summed E-state index contributed by atoms with van der Waals surface area (Å²) in [7, 11) is 0. The molecule has 7 nitrogen and oxygen atoms in total. The lowest BCUT2D eigenvalue weighted by Gasteiger charge is -2.26. The van der Waals surface area contributed by atoms with Crippen LogP contribution in [0.4, 0.5) is 11.5 Å². The monoisotopic (exact) mass is 285 g/mol. The summed E-state index contributed by atoms with van der Waals surface area (Å²) in [5.41, 5.74) is 1.25. The molecule has 0 aliphatic carbocycles. The third-order valence-corrected chi connectivity index (χ3v) is 3.12. The van der Waals surface area contributed by atoms with Gasteiger partial charge in [0.25, 0.3) is 5.91 Å². The largest absolute Gasteiger partial charge is 0.378 e. The highest BCUT2D eigenvalue weighted by atomic mass is 16.5. The lowest BCUT2D eigenvalue weighted by Crippen LogP contribution is -2.40. The predicted molar refractivity (Wildman–Crippen MR) is 76.3 cm³/mol. The first-order chi connectivity index (χ1) is 10.3. The van der Waals surface area contributed by atoms with Crippen LogP contribution >= 0.6 is 0 Å². The lowest BCUT2D eigenvalue weighted by atomic mass is 10.2. The predicted octanol–water partition coefficient (Wildman–Crippen LogP) is 1.09. The molecule has 21 heavy (non-hydrogen) atoms. The molecule has 0 spiro atoms. The van der Waals surface area contributed by atoms with Crippen molar-refractivity contribution in [3.05, 3.63) is 42.6 Å². The number of ether oxygens (including phenoxy) is 1. The average Bonchev–Trinajstić information content (AvgIpc) is 2.56. The number of hydrogen-bond donors (Lipinski definition) is 1. The van der Waals surface area contributed by atoms with E-state index in [-0.39, 0.29) is 5.91 Å². The SMILES string of the molecule is O=C(c1cncc(Nc2cnccn2)c1)N1CCOCC1. The molecule has 0 radical (unpaired) electrons. The Morgan fingerprint density at radius 2 is 2.00 bits per heavy atom. The first-order valence-corrected chi connectivity index (χ1v) is 6.68. The van der Waals surface area contributed by atoms with E-state index >= 15 is 0 Å². The van der Waals surface area contributed by atoms with Crippen LogP contribution in [-0.4, -0.2) is 52.1 Å². The summed E-state index contributed by atoms with van der Waals surface area (Å²) in [4.78, 5) is 26.4. The van der Waals surface area contributed by atoms with Gasteiger partial charge in [-0.25, -0.2) is 4.98 Å². The number of carbonyl (C=O) groups excluding carboxylic acids is 1. The van der Waals surface area contributed by atoms with Gasteiger partial charge in [-0.05, 0) is 6.07 Å². The second-order valence-electron chi connectivity index (χ2n) is 4.58. The number of pyridine rings is 1. The zero-order valence-electron chi connectivity index (χ0n) is 11.4. The Balaban J connectivity index is 1.75. The van der Waals surface area contributed by atoms with Crippen molar-refractivity contribution in [3.8, 4) is 0 Å². The Morgan fingerprint density at radius 1 is 1.14 bits per heavy atom. The highest BCUT2D eigenvalue weighted by molar-refractivity contribution is 5.95. The fraction of sp³-hybridized carbons (Fsp3) is 0.286. The van der Waals surface area contributed by atoms with Gasteiger partial charge in [0.05, 0.1) is 36.9 Å². The van der Waals surface area contributed by atoms with Crippen LogP contribution < -0.4 is 5.32 Å². The van der Waals surface area contributed by atoms with E-state index in [9.17, 15) is 4.79 Å². The van der Waals surface area contributed by atoms with E-state index in [2.05, 4.69) is 20.3 Å². The number of carbonyl (C=O) groups is 1. The van der Waals surface area contributed by atoms with Gasteiger partial charge in [0, 0.05) is 31.7 Å². The summed E-state index contributed by atoms with van der Waals surface area (Å²) in [6.07, 6.45) is 8.02. The summed E-state index contributed by atoms with van der Waals surface area (Å²) >= 11 is 0. The number of morpholine rings is 1. The molecule has 1 aliphatic rings. The van der Waals surface area contributed by atoms with Gasteiger partial charge in [-0.1, -0.05) is 0 Å². The maximum atomic E-state index is 12.4. The Morgan fingerprint density at radius 3 is 2.76 bits per heavy atom. The van der Waals surface area contributed by atoms with Gasteiger partial charge in [-0.3, -0.25) is 14.8 Å². The van der Waals surface area contributed by atoms with Crippen molar-refractivity contribution in [2.75, 3.05) is 31.6 Å². The van der Waals surface area contributed by atoms with Crippen LogP contribution in [0.3, 0.4) is 0 Å². The van der Waals surface area contributed by atoms with Crippen molar-refractivity contribution >= 4 is 17.4 Å². The molecule has 0 bridgehead atoms. The van der Waals surface area contributed by atoms with Crippen molar-refractivity contribution in [1.82, 2.24) is 19.9 Å². The smallest absolute Gasteiger partial charge is 0.255 e. The summed E-state index contributed by atoms with van der Waals surface area (Å²) in [5, 5.41) is 3.07. The molecule has 2 aromatic rings. The number of rotatable bonds is 3. The fourth-order valence-electron chi connectivity index (χ4n) is 2.09. The lowest BCUT2D eigenvalue weighted by molar-refractivity contribution is 0.0302. The molecule has 3 heterocycles. The van der Waals surface area contributed by atoms with Crippen LogP contribution in [-0.2, 0) is 4.74 Å². The second-order valence-corrected chi connectivity index (χ2v) is 4.58. The van der Waals surface area contributed by atoms with Crippen molar-refractivity contribution in [2.24, 2.45) is 0 Å². The first kappa shape index (κ1) is 13.4. The molecule has 0 atom stereocenters. The third kappa shape index (κ3) is 3.32. The molecular weight excluding hydrogens is 270 g/mol. The summed E-state index contributed by atoms with van der Waals surface area (Å²) in [5.74, 6) is 0.573. The molecule has 1 aliphatic heterocycles. The molecule has 3 rings (SSSR count). The Hall–Kier alpha value is -2.54. The van der Waals surface area contributed by atoms with E-state index in [1.165, 1.54) is 0 Å². The van der Waals surface area contributed by atoms with E-state index in [4.69, 9.17) is 4.74 Å². The maximum Gasteiger partial charge on any atom is 0.255 e. The second kappa shape index (κ2) is 6.27. The van der Waals surface area contributed by atoms with E-state index in [0.29, 0.717) is 43.4 Å². The van der Waals surface area contributed by atoms with E-state index in [1.54, 1.807) is 42.0 Å². The van der Waals surface area contributed by atoms with Crippen molar-refractivity contribution in [3.63, 3.8) is 0 Å². The molecule has 0 aromatic carbocycles. The fourth-order valence-corrected chi connectivity index (χ4v) is 2.09. The van der Waals surface area contributed by atoms with Gasteiger partial charge < -0.3 is 15.0 Å². The van der Waals surface area contributed by atoms with Gasteiger partial charge in [-0.15, -0.1) is 0 Å². The van der Waals surface area contributed by atoms with Crippen LogP contribution in [0.15, 0.2) is 37.1 Å². The van der Waals surface area contributed by atoms with Gasteiger partial charge in [0.1, 0.15) is 5.82 Å². The zero-order chi connectivity index (χ0) is 14.5. The molecule has 1 amide bonds. The maximum absolute atomic E-state index is 12.4. The zero-order valence-corrected chi connectivity index (χ0v) is 11.4. The minimum absolute atomic E-state index is 0.0337. The molecule has 1 fully saturated rings. The van der Waals surface area contributed by atoms with Crippen LogP contribution in [0.1, 0.15) is 10.4 Å². The molecule has 7 heteroatoms. The standard InChI is InChI=1S/C14H15N5O2/c20-14(19-3-5-21-6-4-19)11-7-12(9-16-8-11)18-13-10-15-1-2-17-13/h1-2,7-10H,3-6H2,(H,17,18). The summed E-state index contributed by atoms with van der Waals surface area (Å²) in [6, 6.07) is 1.76.